The molecule has 0 radical (unpaired) electrons. The third kappa shape index (κ3) is 4.70. The maximum Gasteiger partial charge on any atom is 0.246 e. The summed E-state index contributed by atoms with van der Waals surface area (Å²) >= 11 is 0. The Kier molecular flexibility index (Phi) is 6.43. The average Bonchev–Trinajstić information content (AvgIpc) is 3.31. The number of nitrogens with zero attached hydrogens (tertiary/aromatic N) is 2. The lowest BCUT2D eigenvalue weighted by atomic mass is 9.92. The molecule has 0 aliphatic carbocycles. The van der Waals surface area contributed by atoms with Gasteiger partial charge in [0.2, 0.25) is 11.8 Å². The van der Waals surface area contributed by atoms with Crippen LogP contribution in [0.1, 0.15) is 37.3 Å². The van der Waals surface area contributed by atoms with Crippen LogP contribution in [0.5, 0.6) is 0 Å². The Bertz CT molecular complexity index is 858. The Morgan fingerprint density at radius 2 is 1.53 bits per heavy atom. The predicted octanol–water partition coefficient (Wildman–Crippen LogP) is 3.84. The summed E-state index contributed by atoms with van der Waals surface area (Å²) in [5, 5.41) is 2.92. The van der Waals surface area contributed by atoms with E-state index >= 15 is 0 Å². The summed E-state index contributed by atoms with van der Waals surface area (Å²) < 4.78 is 13.2. The van der Waals surface area contributed by atoms with Crippen molar-refractivity contribution < 1.29 is 14.0 Å². The lowest BCUT2D eigenvalue weighted by Gasteiger charge is -2.37. The van der Waals surface area contributed by atoms with Crippen molar-refractivity contribution in [3.8, 4) is 0 Å². The van der Waals surface area contributed by atoms with Crippen LogP contribution < -0.4 is 5.32 Å². The molecule has 2 fully saturated rings. The Morgan fingerprint density at radius 1 is 0.900 bits per heavy atom. The Morgan fingerprint density at radius 3 is 2.17 bits per heavy atom. The molecule has 2 aliphatic heterocycles. The van der Waals surface area contributed by atoms with E-state index in [0.29, 0.717) is 18.8 Å². The first kappa shape index (κ1) is 20.5. The number of amides is 2. The van der Waals surface area contributed by atoms with Gasteiger partial charge in [-0.25, -0.2) is 4.39 Å². The van der Waals surface area contributed by atoms with Crippen molar-refractivity contribution in [3.63, 3.8) is 0 Å². The molecule has 2 heterocycles. The number of piperidine rings is 1. The van der Waals surface area contributed by atoms with Crippen LogP contribution in [-0.4, -0.2) is 47.8 Å². The second-order valence-corrected chi connectivity index (χ2v) is 8.15. The van der Waals surface area contributed by atoms with Crippen LogP contribution >= 0.6 is 0 Å². The molecule has 0 bridgehead atoms. The van der Waals surface area contributed by atoms with Crippen LogP contribution in [0.15, 0.2) is 54.6 Å². The van der Waals surface area contributed by atoms with Gasteiger partial charge in [0.25, 0.3) is 0 Å². The summed E-state index contributed by atoms with van der Waals surface area (Å²) in [6.45, 7) is 3.15. The van der Waals surface area contributed by atoms with Gasteiger partial charge in [-0.05, 0) is 68.6 Å². The van der Waals surface area contributed by atoms with E-state index in [1.807, 2.05) is 35.2 Å². The highest BCUT2D eigenvalue weighted by molar-refractivity contribution is 5.95. The van der Waals surface area contributed by atoms with E-state index in [1.165, 1.54) is 12.1 Å². The number of benzene rings is 2. The second-order valence-electron chi connectivity index (χ2n) is 8.15. The summed E-state index contributed by atoms with van der Waals surface area (Å²) in [5.41, 5.74) is 1.49. The number of halogens is 1. The first-order valence-corrected chi connectivity index (χ1v) is 10.8. The lowest BCUT2D eigenvalue weighted by Crippen LogP contribution is -2.45. The molecule has 2 amide bonds. The fourth-order valence-corrected chi connectivity index (χ4v) is 4.51. The molecular formula is C24H28FN3O2. The van der Waals surface area contributed by atoms with Crippen molar-refractivity contribution in [2.45, 2.75) is 31.7 Å². The lowest BCUT2D eigenvalue weighted by molar-refractivity contribution is -0.136. The number of carbonyl (C=O) groups is 2. The molecule has 2 aromatic carbocycles. The zero-order valence-corrected chi connectivity index (χ0v) is 17.1. The Balaban J connectivity index is 1.46. The quantitative estimate of drug-likeness (QED) is 0.816. The van der Waals surface area contributed by atoms with Crippen molar-refractivity contribution in [2.75, 3.05) is 31.5 Å². The monoisotopic (exact) mass is 409 g/mol. The predicted molar refractivity (Wildman–Crippen MR) is 114 cm³/mol. The van der Waals surface area contributed by atoms with E-state index < -0.39 is 6.04 Å². The van der Waals surface area contributed by atoms with Gasteiger partial charge in [-0.3, -0.25) is 14.5 Å². The molecule has 4 rings (SSSR count). The van der Waals surface area contributed by atoms with Gasteiger partial charge in [0.05, 0.1) is 0 Å². The molecule has 2 saturated heterocycles. The van der Waals surface area contributed by atoms with Gasteiger partial charge in [-0.1, -0.05) is 30.3 Å². The molecule has 5 nitrogen and oxygen atoms in total. The number of hydrogen-bond donors (Lipinski definition) is 1. The molecule has 0 aromatic heterocycles. The van der Waals surface area contributed by atoms with E-state index in [2.05, 4.69) is 10.2 Å². The van der Waals surface area contributed by atoms with E-state index in [0.717, 1.165) is 44.3 Å². The molecule has 1 atom stereocenters. The van der Waals surface area contributed by atoms with Gasteiger partial charge >= 0.3 is 0 Å². The van der Waals surface area contributed by atoms with Gasteiger partial charge in [0.1, 0.15) is 11.9 Å². The maximum absolute atomic E-state index is 13.2. The summed E-state index contributed by atoms with van der Waals surface area (Å²) in [6.07, 6.45) is 3.74. The van der Waals surface area contributed by atoms with E-state index in [-0.39, 0.29) is 23.5 Å². The normalized spacial score (nSPS) is 18.9. The second kappa shape index (κ2) is 9.39. The minimum atomic E-state index is -0.445. The zero-order chi connectivity index (χ0) is 20.9. The van der Waals surface area contributed by atoms with E-state index in [9.17, 15) is 14.0 Å². The third-order valence-corrected chi connectivity index (χ3v) is 6.14. The van der Waals surface area contributed by atoms with Crippen LogP contribution in [0.25, 0.3) is 0 Å². The van der Waals surface area contributed by atoms with Crippen LogP contribution in [0, 0.1) is 11.7 Å². The Hall–Kier alpha value is -2.73. The molecule has 30 heavy (non-hydrogen) atoms. The van der Waals surface area contributed by atoms with Crippen molar-refractivity contribution in [3.05, 3.63) is 66.0 Å². The van der Waals surface area contributed by atoms with Crippen molar-refractivity contribution in [1.29, 1.82) is 0 Å². The standard InChI is InChI=1S/C24H28FN3O2/c25-20-8-10-21(11-9-20)26-23(29)22(18-6-2-1-3-7-18)27-16-12-19(13-17-27)24(30)28-14-4-5-15-28/h1-3,6-11,19,22H,4-5,12-17H2,(H,26,29). The highest BCUT2D eigenvalue weighted by Gasteiger charge is 2.35. The topological polar surface area (TPSA) is 52.7 Å². The fourth-order valence-electron chi connectivity index (χ4n) is 4.51. The van der Waals surface area contributed by atoms with Crippen LogP contribution in [0.4, 0.5) is 10.1 Å². The first-order chi connectivity index (χ1) is 14.6. The Labute approximate surface area is 176 Å². The summed E-state index contributed by atoms with van der Waals surface area (Å²) in [5.74, 6) is -0.149. The smallest absolute Gasteiger partial charge is 0.246 e. The number of hydrogen-bond acceptors (Lipinski definition) is 3. The number of carbonyl (C=O) groups excluding carboxylic acids is 2. The van der Waals surface area contributed by atoms with Gasteiger partial charge < -0.3 is 10.2 Å². The van der Waals surface area contributed by atoms with Crippen LogP contribution in [0.2, 0.25) is 0 Å². The molecular weight excluding hydrogens is 381 g/mol. The van der Waals surface area contributed by atoms with Gasteiger partial charge in [-0.15, -0.1) is 0 Å². The molecule has 0 spiro atoms. The molecule has 1 N–H and O–H groups in total. The van der Waals surface area contributed by atoms with E-state index in [4.69, 9.17) is 0 Å². The van der Waals surface area contributed by atoms with Gasteiger partial charge in [0, 0.05) is 24.7 Å². The fraction of sp³-hybridized carbons (Fsp3) is 0.417. The summed E-state index contributed by atoms with van der Waals surface area (Å²) in [7, 11) is 0. The molecule has 6 heteroatoms. The highest BCUT2D eigenvalue weighted by Crippen LogP contribution is 2.29. The highest BCUT2D eigenvalue weighted by atomic mass is 19.1. The zero-order valence-electron chi connectivity index (χ0n) is 17.1. The molecule has 1 unspecified atom stereocenters. The molecule has 0 saturated carbocycles. The maximum atomic E-state index is 13.2. The number of nitrogens with one attached hydrogen (secondary N) is 1. The summed E-state index contributed by atoms with van der Waals surface area (Å²) in [6, 6.07) is 15.1. The molecule has 158 valence electrons. The van der Waals surface area contributed by atoms with Crippen molar-refractivity contribution in [2.24, 2.45) is 5.92 Å². The average molecular weight is 410 g/mol. The minimum Gasteiger partial charge on any atom is -0.342 e. The van der Waals surface area contributed by atoms with Crippen LogP contribution in [0.3, 0.4) is 0 Å². The van der Waals surface area contributed by atoms with Crippen molar-refractivity contribution >= 4 is 17.5 Å². The largest absolute Gasteiger partial charge is 0.342 e. The first-order valence-electron chi connectivity index (χ1n) is 10.8. The minimum absolute atomic E-state index is 0.0518. The number of likely N-dealkylation sites (tertiary alicyclic amines) is 2. The van der Waals surface area contributed by atoms with Gasteiger partial charge in [0.15, 0.2) is 0 Å². The van der Waals surface area contributed by atoms with Gasteiger partial charge in [-0.2, -0.15) is 0 Å². The molecule has 2 aliphatic rings. The number of anilines is 1. The third-order valence-electron chi connectivity index (χ3n) is 6.14. The SMILES string of the molecule is O=C(Nc1ccc(F)cc1)C(c1ccccc1)N1CCC(C(=O)N2CCCC2)CC1. The van der Waals surface area contributed by atoms with Crippen molar-refractivity contribution in [1.82, 2.24) is 9.80 Å². The number of rotatable bonds is 5. The summed E-state index contributed by atoms with van der Waals surface area (Å²) in [4.78, 5) is 30.1. The van der Waals surface area contributed by atoms with E-state index in [1.54, 1.807) is 12.1 Å². The molecule has 2 aromatic rings. The van der Waals surface area contributed by atoms with Crippen LogP contribution in [-0.2, 0) is 9.59 Å².